The van der Waals surface area contributed by atoms with Crippen molar-refractivity contribution < 1.29 is 18.7 Å². The number of rotatable bonds is 11. The number of hydrogen-bond acceptors (Lipinski definition) is 3. The average molecular weight is 414 g/mol. The van der Waals surface area contributed by atoms with Crippen molar-refractivity contribution in [2.75, 3.05) is 19.8 Å². The molecule has 0 aliphatic carbocycles. The summed E-state index contributed by atoms with van der Waals surface area (Å²) < 4.78 is 24.8. The Morgan fingerprint density at radius 3 is 2.53 bits per heavy atom. The quantitative estimate of drug-likeness (QED) is 0.450. The second-order valence-corrected chi connectivity index (χ2v) is 7.88. The van der Waals surface area contributed by atoms with Crippen LogP contribution in [0.4, 0.5) is 4.39 Å². The molecule has 162 valence electrons. The molecule has 1 atom stereocenters. The molecule has 0 radical (unpaired) electrons. The van der Waals surface area contributed by atoms with E-state index in [1.165, 1.54) is 31.4 Å². The van der Waals surface area contributed by atoms with Gasteiger partial charge < -0.3 is 14.4 Å². The maximum absolute atomic E-state index is 13.3. The van der Waals surface area contributed by atoms with Crippen molar-refractivity contribution in [1.29, 1.82) is 0 Å². The first-order valence-electron chi connectivity index (χ1n) is 11.0. The third kappa shape index (κ3) is 6.84. The van der Waals surface area contributed by atoms with Crippen LogP contribution in [-0.2, 0) is 11.3 Å². The predicted octanol–water partition coefficient (Wildman–Crippen LogP) is 5.61. The van der Waals surface area contributed by atoms with Crippen molar-refractivity contribution >= 4 is 5.91 Å². The van der Waals surface area contributed by atoms with Crippen LogP contribution in [0.3, 0.4) is 0 Å². The molecular formula is C25H32FNO3. The summed E-state index contributed by atoms with van der Waals surface area (Å²) in [4.78, 5) is 15.0. The van der Waals surface area contributed by atoms with E-state index in [1.807, 2.05) is 24.3 Å². The van der Waals surface area contributed by atoms with Gasteiger partial charge >= 0.3 is 0 Å². The first kappa shape index (κ1) is 22.3. The largest absolute Gasteiger partial charge is 0.494 e. The van der Waals surface area contributed by atoms with Crippen LogP contribution in [0.1, 0.15) is 61.4 Å². The smallest absolute Gasteiger partial charge is 0.254 e. The summed E-state index contributed by atoms with van der Waals surface area (Å²) >= 11 is 0. The lowest BCUT2D eigenvalue weighted by atomic mass is 10.1. The second kappa shape index (κ2) is 11.7. The fourth-order valence-electron chi connectivity index (χ4n) is 3.66. The van der Waals surface area contributed by atoms with Crippen LogP contribution in [0.5, 0.6) is 5.75 Å². The van der Waals surface area contributed by atoms with Crippen LogP contribution in [0, 0.1) is 5.82 Å². The summed E-state index contributed by atoms with van der Waals surface area (Å²) in [7, 11) is 0. The highest BCUT2D eigenvalue weighted by Crippen LogP contribution is 2.19. The number of nitrogens with zero attached hydrogens (tertiary/aromatic N) is 1. The summed E-state index contributed by atoms with van der Waals surface area (Å²) in [5, 5.41) is 0. The lowest BCUT2D eigenvalue weighted by Gasteiger charge is -2.26. The molecule has 5 heteroatoms. The number of halogens is 1. The Morgan fingerprint density at radius 2 is 1.87 bits per heavy atom. The summed E-state index contributed by atoms with van der Waals surface area (Å²) in [6.07, 6.45) is 6.68. The number of carbonyl (C=O) groups excluding carboxylic acids is 1. The average Bonchev–Trinajstić information content (AvgIpc) is 3.28. The molecule has 1 fully saturated rings. The molecule has 0 bridgehead atoms. The molecule has 3 rings (SSSR count). The molecule has 0 saturated carbocycles. The van der Waals surface area contributed by atoms with Gasteiger partial charge in [0.1, 0.15) is 11.6 Å². The predicted molar refractivity (Wildman–Crippen MR) is 116 cm³/mol. The molecular weight excluding hydrogens is 381 g/mol. The van der Waals surface area contributed by atoms with Gasteiger partial charge in [0, 0.05) is 25.3 Å². The lowest BCUT2D eigenvalue weighted by molar-refractivity contribution is 0.0507. The van der Waals surface area contributed by atoms with Crippen molar-refractivity contribution in [2.45, 2.75) is 58.1 Å². The molecule has 1 heterocycles. The molecule has 1 amide bonds. The van der Waals surface area contributed by atoms with Crippen molar-refractivity contribution in [2.24, 2.45) is 0 Å². The zero-order valence-corrected chi connectivity index (χ0v) is 17.8. The minimum absolute atomic E-state index is 0.0516. The van der Waals surface area contributed by atoms with E-state index in [9.17, 15) is 9.18 Å². The van der Waals surface area contributed by atoms with Gasteiger partial charge in [-0.2, -0.15) is 0 Å². The molecule has 1 unspecified atom stereocenters. The lowest BCUT2D eigenvalue weighted by Crippen LogP contribution is -2.37. The number of amides is 1. The van der Waals surface area contributed by atoms with Gasteiger partial charge in [0.25, 0.3) is 5.91 Å². The van der Waals surface area contributed by atoms with Crippen LogP contribution < -0.4 is 4.74 Å². The van der Waals surface area contributed by atoms with Crippen LogP contribution in [0.2, 0.25) is 0 Å². The second-order valence-electron chi connectivity index (χ2n) is 7.88. The topological polar surface area (TPSA) is 38.8 Å². The highest BCUT2D eigenvalue weighted by Gasteiger charge is 2.23. The van der Waals surface area contributed by atoms with Gasteiger partial charge in [0.2, 0.25) is 0 Å². The Labute approximate surface area is 179 Å². The van der Waals surface area contributed by atoms with Crippen LogP contribution >= 0.6 is 0 Å². The van der Waals surface area contributed by atoms with E-state index in [0.717, 1.165) is 37.2 Å². The highest BCUT2D eigenvalue weighted by atomic mass is 19.1. The normalized spacial score (nSPS) is 15.9. The zero-order chi connectivity index (χ0) is 21.2. The monoisotopic (exact) mass is 413 g/mol. The molecule has 0 spiro atoms. The van der Waals surface area contributed by atoms with E-state index in [4.69, 9.17) is 9.47 Å². The summed E-state index contributed by atoms with van der Waals surface area (Å²) in [5.74, 6) is 0.456. The van der Waals surface area contributed by atoms with E-state index >= 15 is 0 Å². The molecule has 1 aliphatic heterocycles. The Kier molecular flexibility index (Phi) is 8.69. The van der Waals surface area contributed by atoms with Crippen molar-refractivity contribution in [3.63, 3.8) is 0 Å². The molecule has 30 heavy (non-hydrogen) atoms. The van der Waals surface area contributed by atoms with Gasteiger partial charge in [-0.25, -0.2) is 4.39 Å². The van der Waals surface area contributed by atoms with Gasteiger partial charge in [-0.1, -0.05) is 38.3 Å². The maximum Gasteiger partial charge on any atom is 0.254 e. The number of unbranched alkanes of at least 4 members (excludes halogenated alkanes) is 3. The third-order valence-electron chi connectivity index (χ3n) is 5.39. The van der Waals surface area contributed by atoms with Gasteiger partial charge in [-0.15, -0.1) is 0 Å². The molecule has 4 nitrogen and oxygen atoms in total. The first-order valence-corrected chi connectivity index (χ1v) is 11.0. The number of benzene rings is 2. The molecule has 0 N–H and O–H groups in total. The van der Waals surface area contributed by atoms with E-state index < -0.39 is 0 Å². The fraction of sp³-hybridized carbons (Fsp3) is 0.480. The van der Waals surface area contributed by atoms with E-state index in [1.54, 1.807) is 17.0 Å². The fourth-order valence-corrected chi connectivity index (χ4v) is 3.66. The molecule has 0 aromatic heterocycles. The van der Waals surface area contributed by atoms with Gasteiger partial charge in [0.05, 0.1) is 12.7 Å². The molecule has 2 aromatic carbocycles. The van der Waals surface area contributed by atoms with E-state index in [2.05, 4.69) is 6.92 Å². The van der Waals surface area contributed by atoms with Crippen molar-refractivity contribution in [3.8, 4) is 5.75 Å². The third-order valence-corrected chi connectivity index (χ3v) is 5.39. The maximum atomic E-state index is 13.3. The summed E-state index contributed by atoms with van der Waals surface area (Å²) in [6.45, 7) is 4.59. The first-order chi connectivity index (χ1) is 14.7. The van der Waals surface area contributed by atoms with E-state index in [-0.39, 0.29) is 17.8 Å². The van der Waals surface area contributed by atoms with Gasteiger partial charge in [-0.05, 0) is 61.2 Å². The zero-order valence-electron chi connectivity index (χ0n) is 17.8. The molecule has 1 saturated heterocycles. The summed E-state index contributed by atoms with van der Waals surface area (Å²) in [5.41, 5.74) is 1.52. The Bertz CT molecular complexity index is 770. The van der Waals surface area contributed by atoms with E-state index in [0.29, 0.717) is 25.3 Å². The van der Waals surface area contributed by atoms with Crippen LogP contribution in [0.15, 0.2) is 48.5 Å². The number of ether oxygens (including phenoxy) is 2. The SMILES string of the molecule is CCCCCCOc1ccc(C(=O)N(Cc2ccc(F)cc2)CC2CCCO2)cc1. The standard InChI is InChI=1S/C25H32FNO3/c1-2-3-4-5-16-29-23-14-10-21(11-15-23)25(28)27(19-24-7-6-17-30-24)18-20-8-12-22(26)13-9-20/h8-15,24H,2-7,16-19H2,1H3. The Morgan fingerprint density at radius 1 is 1.10 bits per heavy atom. The van der Waals surface area contributed by atoms with Crippen LogP contribution in [0.25, 0.3) is 0 Å². The van der Waals surface area contributed by atoms with Gasteiger partial charge in [0.15, 0.2) is 0 Å². The minimum atomic E-state index is -0.277. The minimum Gasteiger partial charge on any atom is -0.494 e. The number of carbonyl (C=O) groups is 1. The van der Waals surface area contributed by atoms with Gasteiger partial charge in [-0.3, -0.25) is 4.79 Å². The molecule has 2 aromatic rings. The number of hydrogen-bond donors (Lipinski definition) is 0. The highest BCUT2D eigenvalue weighted by molar-refractivity contribution is 5.94. The molecule has 1 aliphatic rings. The van der Waals surface area contributed by atoms with Crippen LogP contribution in [-0.4, -0.2) is 36.7 Å². The van der Waals surface area contributed by atoms with Crippen molar-refractivity contribution in [1.82, 2.24) is 4.90 Å². The summed E-state index contributed by atoms with van der Waals surface area (Å²) in [6, 6.07) is 13.6. The Balaban J connectivity index is 1.63. The van der Waals surface area contributed by atoms with Crippen molar-refractivity contribution in [3.05, 3.63) is 65.5 Å². The Hall–Kier alpha value is -2.40.